The molecule has 0 aliphatic carbocycles. The molecule has 0 aliphatic heterocycles. The molecule has 5 heteroatoms. The Morgan fingerprint density at radius 3 is 3.06 bits per heavy atom. The van der Waals surface area contributed by atoms with Gasteiger partial charge in [0.1, 0.15) is 0 Å². The van der Waals surface area contributed by atoms with E-state index in [9.17, 15) is 0 Å². The molecule has 0 aliphatic rings. The van der Waals surface area contributed by atoms with Crippen LogP contribution >= 0.6 is 0 Å². The van der Waals surface area contributed by atoms with Gasteiger partial charge in [-0.3, -0.25) is 4.68 Å². The summed E-state index contributed by atoms with van der Waals surface area (Å²) in [6.07, 6.45) is 6.78. The molecule has 0 radical (unpaired) electrons. The minimum absolute atomic E-state index is 0.918. The van der Waals surface area contributed by atoms with Crippen LogP contribution in [0.25, 0.3) is 0 Å². The molecule has 0 atom stereocenters. The summed E-state index contributed by atoms with van der Waals surface area (Å²) < 4.78 is 4.11. The van der Waals surface area contributed by atoms with Crippen LogP contribution in [0.2, 0.25) is 0 Å². The molecule has 2 aromatic rings. The van der Waals surface area contributed by atoms with E-state index in [1.807, 2.05) is 10.9 Å². The van der Waals surface area contributed by atoms with E-state index in [1.54, 1.807) is 6.20 Å². The van der Waals surface area contributed by atoms with Crippen molar-refractivity contribution in [3.05, 3.63) is 36.4 Å². The lowest BCUT2D eigenvalue weighted by Crippen LogP contribution is -2.18. The van der Waals surface area contributed by atoms with Crippen molar-refractivity contribution in [3.8, 4) is 0 Å². The zero-order valence-electron chi connectivity index (χ0n) is 10.2. The van der Waals surface area contributed by atoms with Gasteiger partial charge in [0, 0.05) is 37.7 Å². The second kappa shape index (κ2) is 6.20. The topological polar surface area (TPSA) is 47.7 Å². The van der Waals surface area contributed by atoms with Gasteiger partial charge in [0.15, 0.2) is 0 Å². The zero-order valence-corrected chi connectivity index (χ0v) is 10.2. The third-order valence-corrected chi connectivity index (χ3v) is 2.78. The molecule has 2 rings (SSSR count). The Kier molecular flexibility index (Phi) is 4.32. The minimum Gasteiger partial charge on any atom is -0.351 e. The predicted octanol–water partition coefficient (Wildman–Crippen LogP) is 1.28. The summed E-state index contributed by atoms with van der Waals surface area (Å²) in [6, 6.07) is 4.25. The van der Waals surface area contributed by atoms with Crippen LogP contribution in [0.3, 0.4) is 0 Å². The van der Waals surface area contributed by atoms with Crippen molar-refractivity contribution in [2.75, 3.05) is 6.54 Å². The maximum atomic E-state index is 3.93. The van der Waals surface area contributed by atoms with E-state index in [-0.39, 0.29) is 0 Å². The van der Waals surface area contributed by atoms with Crippen LogP contribution in [-0.4, -0.2) is 26.1 Å². The van der Waals surface area contributed by atoms with Crippen LogP contribution in [0.4, 0.5) is 0 Å². The van der Waals surface area contributed by atoms with E-state index in [2.05, 4.69) is 45.4 Å². The molecule has 0 bridgehead atoms. The molecule has 0 aromatic carbocycles. The monoisotopic (exact) mass is 233 g/mol. The lowest BCUT2D eigenvalue weighted by atomic mass is 10.3. The third kappa shape index (κ3) is 3.42. The molecule has 0 unspecified atom stereocenters. The molecular formula is C12H19N5. The lowest BCUT2D eigenvalue weighted by molar-refractivity contribution is 0.524. The Hall–Kier alpha value is -1.62. The predicted molar refractivity (Wildman–Crippen MR) is 66.5 cm³/mol. The molecule has 0 amide bonds. The highest BCUT2D eigenvalue weighted by Crippen LogP contribution is 2.01. The van der Waals surface area contributed by atoms with Gasteiger partial charge in [-0.1, -0.05) is 5.21 Å². The Balaban J connectivity index is 1.63. The first-order valence-electron chi connectivity index (χ1n) is 6.09. The number of nitrogens with zero attached hydrogens (tertiary/aromatic N) is 4. The summed E-state index contributed by atoms with van der Waals surface area (Å²) in [6.45, 7) is 6.03. The van der Waals surface area contributed by atoms with Crippen LogP contribution in [0.15, 0.2) is 30.7 Å². The lowest BCUT2D eigenvalue weighted by Gasteiger charge is -2.07. The quantitative estimate of drug-likeness (QED) is 0.733. The highest BCUT2D eigenvalue weighted by molar-refractivity contribution is 5.06. The first-order valence-corrected chi connectivity index (χ1v) is 6.09. The molecule has 17 heavy (non-hydrogen) atoms. The number of rotatable bonds is 7. The van der Waals surface area contributed by atoms with Crippen LogP contribution < -0.4 is 5.32 Å². The maximum Gasteiger partial charge on any atom is 0.0692 e. The average Bonchev–Trinajstić information content (AvgIpc) is 2.98. The van der Waals surface area contributed by atoms with Crippen molar-refractivity contribution in [1.29, 1.82) is 0 Å². The highest BCUT2D eigenvalue weighted by atomic mass is 15.4. The fourth-order valence-electron chi connectivity index (χ4n) is 1.85. The van der Waals surface area contributed by atoms with Crippen molar-refractivity contribution in [2.45, 2.75) is 33.0 Å². The molecule has 0 spiro atoms. The molecule has 0 fully saturated rings. The van der Waals surface area contributed by atoms with Gasteiger partial charge in [-0.05, 0) is 32.0 Å². The Bertz CT molecular complexity index is 418. The Labute approximate surface area is 101 Å². The van der Waals surface area contributed by atoms with Crippen LogP contribution in [0.5, 0.6) is 0 Å². The Morgan fingerprint density at radius 2 is 2.29 bits per heavy atom. The van der Waals surface area contributed by atoms with Gasteiger partial charge in [0.2, 0.25) is 0 Å². The van der Waals surface area contributed by atoms with Gasteiger partial charge >= 0.3 is 0 Å². The summed E-state index contributed by atoms with van der Waals surface area (Å²) >= 11 is 0. The van der Waals surface area contributed by atoms with Gasteiger partial charge in [0.05, 0.1) is 6.20 Å². The molecule has 1 N–H and O–H groups in total. The van der Waals surface area contributed by atoms with Crippen molar-refractivity contribution in [3.63, 3.8) is 0 Å². The smallest absolute Gasteiger partial charge is 0.0692 e. The van der Waals surface area contributed by atoms with Crippen LogP contribution in [0.1, 0.15) is 19.0 Å². The third-order valence-electron chi connectivity index (χ3n) is 2.78. The summed E-state index contributed by atoms with van der Waals surface area (Å²) in [7, 11) is 0. The number of nitrogens with one attached hydrogen (secondary N) is 1. The van der Waals surface area contributed by atoms with Gasteiger partial charge in [-0.2, -0.15) is 0 Å². The first kappa shape index (κ1) is 11.9. The van der Waals surface area contributed by atoms with E-state index in [4.69, 9.17) is 0 Å². The minimum atomic E-state index is 0.918. The Morgan fingerprint density at radius 1 is 1.35 bits per heavy atom. The number of aryl methyl sites for hydroxylation is 2. The fraction of sp³-hybridized carbons (Fsp3) is 0.500. The molecule has 5 nitrogen and oxygen atoms in total. The van der Waals surface area contributed by atoms with Crippen LogP contribution in [-0.2, 0) is 19.6 Å². The van der Waals surface area contributed by atoms with Crippen LogP contribution in [0, 0.1) is 0 Å². The van der Waals surface area contributed by atoms with Crippen molar-refractivity contribution in [1.82, 2.24) is 24.9 Å². The number of aromatic nitrogens is 4. The van der Waals surface area contributed by atoms with Gasteiger partial charge in [-0.15, -0.1) is 5.10 Å². The standard InChI is InChI=1S/C12H19N5/c1-2-16-8-3-5-12(16)11-13-6-4-9-17-10-7-14-15-17/h3,5,7-8,10,13H,2,4,6,9,11H2,1H3. The fourth-order valence-corrected chi connectivity index (χ4v) is 1.85. The van der Waals surface area contributed by atoms with Gasteiger partial charge < -0.3 is 9.88 Å². The molecule has 0 saturated heterocycles. The number of hydrogen-bond acceptors (Lipinski definition) is 3. The number of hydrogen-bond donors (Lipinski definition) is 1. The molecule has 0 saturated carbocycles. The highest BCUT2D eigenvalue weighted by Gasteiger charge is 1.98. The molecule has 2 aromatic heterocycles. The SMILES string of the molecule is CCn1cccc1CNCCCn1ccnn1. The zero-order chi connectivity index (χ0) is 11.9. The molecule has 2 heterocycles. The second-order valence-corrected chi connectivity index (χ2v) is 3.98. The van der Waals surface area contributed by atoms with Crippen molar-refractivity contribution in [2.24, 2.45) is 0 Å². The van der Waals surface area contributed by atoms with Crippen molar-refractivity contribution < 1.29 is 0 Å². The van der Waals surface area contributed by atoms with E-state index in [1.165, 1.54) is 5.69 Å². The summed E-state index contributed by atoms with van der Waals surface area (Å²) in [5, 5.41) is 11.1. The van der Waals surface area contributed by atoms with Gasteiger partial charge in [0.25, 0.3) is 0 Å². The van der Waals surface area contributed by atoms with E-state index in [0.29, 0.717) is 0 Å². The first-order chi connectivity index (χ1) is 8.40. The van der Waals surface area contributed by atoms with E-state index >= 15 is 0 Å². The normalized spacial score (nSPS) is 10.9. The summed E-state index contributed by atoms with van der Waals surface area (Å²) in [5.74, 6) is 0. The van der Waals surface area contributed by atoms with E-state index < -0.39 is 0 Å². The summed E-state index contributed by atoms with van der Waals surface area (Å²) in [4.78, 5) is 0. The van der Waals surface area contributed by atoms with Crippen molar-refractivity contribution >= 4 is 0 Å². The molecular weight excluding hydrogens is 214 g/mol. The van der Waals surface area contributed by atoms with Gasteiger partial charge in [-0.25, -0.2) is 0 Å². The van der Waals surface area contributed by atoms with E-state index in [0.717, 1.165) is 32.6 Å². The average molecular weight is 233 g/mol. The summed E-state index contributed by atoms with van der Waals surface area (Å²) in [5.41, 5.74) is 1.34. The largest absolute Gasteiger partial charge is 0.351 e. The molecule has 92 valence electrons. The second-order valence-electron chi connectivity index (χ2n) is 3.98. The maximum absolute atomic E-state index is 3.93.